The Morgan fingerprint density at radius 3 is 2.24 bits per heavy atom. The van der Waals surface area contributed by atoms with E-state index < -0.39 is 5.41 Å². The average molecular weight is 465 g/mol. The van der Waals surface area contributed by atoms with E-state index in [-0.39, 0.29) is 17.9 Å². The third-order valence-electron chi connectivity index (χ3n) is 6.73. The van der Waals surface area contributed by atoms with Crippen LogP contribution < -0.4 is 10.6 Å². The lowest BCUT2D eigenvalue weighted by molar-refractivity contribution is 0.167. The summed E-state index contributed by atoms with van der Waals surface area (Å²) in [7, 11) is 3.53. The number of hydrogen-bond donors (Lipinski definition) is 1. The van der Waals surface area contributed by atoms with Gasteiger partial charge in [-0.1, -0.05) is 43.3 Å². The molecule has 2 aromatic heterocycles. The maximum Gasteiger partial charge on any atom is 0.324 e. The van der Waals surface area contributed by atoms with Crippen LogP contribution in [0.15, 0.2) is 41.2 Å². The fraction of sp³-hybridized carbons (Fsp3) is 0.458. The van der Waals surface area contributed by atoms with Gasteiger partial charge in [-0.3, -0.25) is 0 Å². The zero-order chi connectivity index (χ0) is 24.5. The Bertz CT molecular complexity index is 1120. The number of anilines is 2. The number of carbonyl (C=O) groups excluding carboxylic acids is 1. The molecule has 0 spiro atoms. The fourth-order valence-electron chi connectivity index (χ4n) is 4.14. The molecule has 1 fully saturated rings. The smallest absolute Gasteiger partial charge is 0.324 e. The van der Waals surface area contributed by atoms with E-state index in [2.05, 4.69) is 48.0 Å². The van der Waals surface area contributed by atoms with Crippen molar-refractivity contribution in [3.63, 3.8) is 0 Å². The Morgan fingerprint density at radius 1 is 1.06 bits per heavy atom. The minimum absolute atomic E-state index is 0.0206. The second kappa shape index (κ2) is 9.28. The van der Waals surface area contributed by atoms with E-state index in [1.165, 1.54) is 0 Å². The molecule has 1 atom stereocenters. The summed E-state index contributed by atoms with van der Waals surface area (Å²) in [6.45, 7) is 8.99. The van der Waals surface area contributed by atoms with Gasteiger partial charge >= 0.3 is 12.0 Å². The van der Waals surface area contributed by atoms with Gasteiger partial charge in [0.2, 0.25) is 5.95 Å². The van der Waals surface area contributed by atoms with Crippen LogP contribution in [-0.4, -0.2) is 76.2 Å². The number of nitrogens with zero attached hydrogens (tertiary/aromatic N) is 7. The van der Waals surface area contributed by atoms with Crippen molar-refractivity contribution in [2.75, 3.05) is 50.9 Å². The predicted octanol–water partition coefficient (Wildman–Crippen LogP) is 2.87. The first-order valence-electron chi connectivity index (χ1n) is 11.4. The van der Waals surface area contributed by atoms with Crippen molar-refractivity contribution < 1.29 is 9.32 Å². The topological polar surface area (TPSA) is 118 Å². The van der Waals surface area contributed by atoms with E-state index in [9.17, 15) is 4.79 Å². The monoisotopic (exact) mass is 464 g/mol. The summed E-state index contributed by atoms with van der Waals surface area (Å²) in [4.78, 5) is 30.6. The first-order chi connectivity index (χ1) is 16.2. The summed E-state index contributed by atoms with van der Waals surface area (Å²) < 4.78 is 5.69. The number of carbonyl (C=O) groups is 1. The van der Waals surface area contributed by atoms with Crippen LogP contribution in [0.2, 0.25) is 0 Å². The lowest BCUT2D eigenvalue weighted by Crippen LogP contribution is -2.51. The number of aromatic nitrogens is 4. The summed E-state index contributed by atoms with van der Waals surface area (Å²) in [6.07, 6.45) is 3.44. The van der Waals surface area contributed by atoms with Crippen LogP contribution >= 0.6 is 0 Å². The third-order valence-corrected chi connectivity index (χ3v) is 6.73. The molecule has 1 unspecified atom stereocenters. The van der Waals surface area contributed by atoms with Gasteiger partial charge in [-0.05, 0) is 24.0 Å². The number of rotatable bonds is 5. The van der Waals surface area contributed by atoms with Gasteiger partial charge in [0.25, 0.3) is 0 Å². The van der Waals surface area contributed by atoms with Crippen LogP contribution in [0.4, 0.5) is 16.8 Å². The van der Waals surface area contributed by atoms with Gasteiger partial charge in [-0.15, -0.1) is 0 Å². The van der Waals surface area contributed by atoms with E-state index in [1.54, 1.807) is 31.4 Å². The molecule has 10 nitrogen and oxygen atoms in total. The van der Waals surface area contributed by atoms with Crippen molar-refractivity contribution in [1.29, 1.82) is 0 Å². The quantitative estimate of drug-likeness (QED) is 0.612. The molecule has 10 heteroatoms. The Hall–Kier alpha value is -3.69. The number of benzene rings is 1. The van der Waals surface area contributed by atoms with E-state index >= 15 is 0 Å². The predicted molar refractivity (Wildman–Crippen MR) is 130 cm³/mol. The van der Waals surface area contributed by atoms with E-state index in [1.807, 2.05) is 21.9 Å². The van der Waals surface area contributed by atoms with Crippen LogP contribution in [0.5, 0.6) is 0 Å². The van der Waals surface area contributed by atoms with Crippen molar-refractivity contribution in [3.8, 4) is 11.1 Å². The SMILES string of the molecule is CC(C)C(C)(c1ccc(-c2cnc(N)nc2)cc1)c1noc(N2CCN(C(=O)N(C)C)CC2)n1. The molecule has 2 amide bonds. The van der Waals surface area contributed by atoms with E-state index in [0.29, 0.717) is 38.0 Å². The van der Waals surface area contributed by atoms with Crippen LogP contribution in [0.3, 0.4) is 0 Å². The summed E-state index contributed by atoms with van der Waals surface area (Å²) in [5.41, 5.74) is 8.17. The van der Waals surface area contributed by atoms with Crippen molar-refractivity contribution >= 4 is 18.0 Å². The van der Waals surface area contributed by atoms with E-state index in [4.69, 9.17) is 15.2 Å². The maximum absolute atomic E-state index is 12.2. The summed E-state index contributed by atoms with van der Waals surface area (Å²) in [6, 6.07) is 8.79. The van der Waals surface area contributed by atoms with Crippen molar-refractivity contribution in [1.82, 2.24) is 29.9 Å². The molecule has 0 saturated carbocycles. The Balaban J connectivity index is 1.54. The lowest BCUT2D eigenvalue weighted by Gasteiger charge is -2.35. The van der Waals surface area contributed by atoms with Gasteiger partial charge in [0, 0.05) is 58.2 Å². The van der Waals surface area contributed by atoms with Crippen LogP contribution in [0.25, 0.3) is 11.1 Å². The molecule has 0 aliphatic carbocycles. The van der Waals surface area contributed by atoms with Gasteiger partial charge in [0.1, 0.15) is 0 Å². The zero-order valence-electron chi connectivity index (χ0n) is 20.4. The minimum Gasteiger partial charge on any atom is -0.368 e. The van der Waals surface area contributed by atoms with Gasteiger partial charge < -0.3 is 25.0 Å². The molecule has 0 radical (unpaired) electrons. The first kappa shape index (κ1) is 23.5. The Kier molecular flexibility index (Phi) is 6.41. The van der Waals surface area contributed by atoms with Gasteiger partial charge in [0.05, 0.1) is 5.41 Å². The molecule has 4 rings (SSSR count). The molecule has 3 aromatic rings. The second-order valence-electron chi connectivity index (χ2n) is 9.32. The molecule has 1 saturated heterocycles. The highest BCUT2D eigenvalue weighted by Crippen LogP contribution is 2.38. The van der Waals surface area contributed by atoms with E-state index in [0.717, 1.165) is 16.7 Å². The normalized spacial score (nSPS) is 15.9. The molecular weight excluding hydrogens is 432 g/mol. The highest BCUT2D eigenvalue weighted by Gasteiger charge is 2.38. The van der Waals surface area contributed by atoms with Gasteiger partial charge in [-0.25, -0.2) is 14.8 Å². The lowest BCUT2D eigenvalue weighted by atomic mass is 9.72. The molecular formula is C24H32N8O2. The molecule has 1 aliphatic rings. The van der Waals surface area contributed by atoms with Crippen molar-refractivity contribution in [3.05, 3.63) is 48.0 Å². The number of piperazine rings is 1. The molecule has 2 N–H and O–H groups in total. The minimum atomic E-state index is -0.444. The standard InChI is InChI=1S/C24H32N8O2/c1-16(2)24(3,19-8-6-17(7-9-19)18-14-26-21(25)27-15-18)20-28-22(34-29-20)31-10-12-32(13-11-31)23(33)30(4)5/h6-9,14-16H,10-13H2,1-5H3,(H2,25,26,27). The van der Waals surface area contributed by atoms with Crippen molar-refractivity contribution in [2.24, 2.45) is 5.92 Å². The van der Waals surface area contributed by atoms with Gasteiger partial charge in [0.15, 0.2) is 5.82 Å². The van der Waals surface area contributed by atoms with Crippen molar-refractivity contribution in [2.45, 2.75) is 26.2 Å². The average Bonchev–Trinajstić information content (AvgIpc) is 3.34. The second-order valence-corrected chi connectivity index (χ2v) is 9.32. The third kappa shape index (κ3) is 4.40. The maximum atomic E-state index is 12.2. The summed E-state index contributed by atoms with van der Waals surface area (Å²) >= 11 is 0. The van der Waals surface area contributed by atoms with Gasteiger partial charge in [-0.2, -0.15) is 4.98 Å². The molecule has 180 valence electrons. The first-order valence-corrected chi connectivity index (χ1v) is 11.4. The molecule has 3 heterocycles. The van der Waals surface area contributed by atoms with Crippen LogP contribution in [0, 0.1) is 5.92 Å². The Morgan fingerprint density at radius 2 is 1.68 bits per heavy atom. The Labute approximate surface area is 199 Å². The summed E-state index contributed by atoms with van der Waals surface area (Å²) in [5.74, 6) is 1.12. The highest BCUT2D eigenvalue weighted by atomic mass is 16.5. The number of nitrogen functional groups attached to an aromatic ring is 1. The van der Waals surface area contributed by atoms with Crippen LogP contribution in [0.1, 0.15) is 32.2 Å². The molecule has 1 aliphatic heterocycles. The summed E-state index contributed by atoms with van der Waals surface area (Å²) in [5, 5.41) is 4.38. The van der Waals surface area contributed by atoms with Crippen LogP contribution in [-0.2, 0) is 5.41 Å². The highest BCUT2D eigenvalue weighted by molar-refractivity contribution is 5.74. The molecule has 0 bridgehead atoms. The zero-order valence-corrected chi connectivity index (χ0v) is 20.4. The molecule has 1 aromatic carbocycles. The number of urea groups is 1. The largest absolute Gasteiger partial charge is 0.368 e. The number of amides is 2. The number of hydrogen-bond acceptors (Lipinski definition) is 8. The number of nitrogens with two attached hydrogens (primary N) is 1. The molecule has 34 heavy (non-hydrogen) atoms. The fourth-order valence-corrected chi connectivity index (χ4v) is 4.14.